The second kappa shape index (κ2) is 10.7. The van der Waals surface area contributed by atoms with Crippen molar-refractivity contribution < 1.29 is 26.4 Å². The van der Waals surface area contributed by atoms with Crippen LogP contribution in [0.2, 0.25) is 6.04 Å². The van der Waals surface area contributed by atoms with Gasteiger partial charge in [-0.25, -0.2) is 8.42 Å². The molecule has 0 fully saturated rings. The van der Waals surface area contributed by atoms with Gasteiger partial charge in [-0.2, -0.15) is 0 Å². The predicted octanol–water partition coefficient (Wildman–Crippen LogP) is 1.83. The molecule has 0 spiro atoms. The lowest BCUT2D eigenvalue weighted by atomic mass is 10.5. The molecule has 0 heterocycles. The third-order valence-corrected chi connectivity index (χ3v) is 7.12. The van der Waals surface area contributed by atoms with Gasteiger partial charge >= 0.3 is 8.80 Å². The topological polar surface area (TPSA) is 71.1 Å². The highest BCUT2D eigenvalue weighted by Gasteiger charge is 2.39. The van der Waals surface area contributed by atoms with Crippen molar-refractivity contribution in [2.75, 3.05) is 38.1 Å². The Morgan fingerprint density at radius 3 is 1.80 bits per heavy atom. The van der Waals surface area contributed by atoms with E-state index in [9.17, 15) is 8.42 Å². The van der Waals surface area contributed by atoms with Crippen LogP contribution in [0, 0.1) is 0 Å². The summed E-state index contributed by atoms with van der Waals surface area (Å²) in [6.45, 7) is 9.31. The van der Waals surface area contributed by atoms with Crippen LogP contribution in [0.4, 0.5) is 0 Å². The molecule has 0 saturated heterocycles. The predicted molar refractivity (Wildman–Crippen MR) is 80.3 cm³/mol. The summed E-state index contributed by atoms with van der Waals surface area (Å²) in [5.74, 6) is -0.127. The fourth-order valence-electron chi connectivity index (χ4n) is 1.66. The molecule has 0 aromatic carbocycles. The van der Waals surface area contributed by atoms with Gasteiger partial charge in [0.15, 0.2) is 9.84 Å². The molecule has 0 bridgehead atoms. The lowest BCUT2D eigenvalue weighted by Gasteiger charge is -2.28. The Morgan fingerprint density at radius 2 is 1.40 bits per heavy atom. The van der Waals surface area contributed by atoms with Gasteiger partial charge in [0.1, 0.15) is 5.94 Å². The Kier molecular flexibility index (Phi) is 10.7. The monoisotopic (exact) mass is 328 g/mol. The molecule has 6 nitrogen and oxygen atoms in total. The fourth-order valence-corrected chi connectivity index (χ4v) is 4.78. The molecular weight excluding hydrogens is 300 g/mol. The van der Waals surface area contributed by atoms with Gasteiger partial charge in [-0.3, -0.25) is 0 Å². The zero-order valence-electron chi connectivity index (χ0n) is 13.0. The van der Waals surface area contributed by atoms with Gasteiger partial charge < -0.3 is 18.0 Å². The summed E-state index contributed by atoms with van der Waals surface area (Å²) in [6.07, 6.45) is 0.658. The Labute approximate surface area is 124 Å². The average molecular weight is 329 g/mol. The first-order valence-corrected chi connectivity index (χ1v) is 10.9. The van der Waals surface area contributed by atoms with Crippen molar-refractivity contribution in [3.8, 4) is 0 Å². The normalized spacial score (nSPS) is 12.8. The molecule has 0 aliphatic heterocycles. The summed E-state index contributed by atoms with van der Waals surface area (Å²) < 4.78 is 44.8. The molecule has 0 aliphatic rings. The maximum absolute atomic E-state index is 11.3. The first-order valence-electron chi connectivity index (χ1n) is 7.15. The summed E-state index contributed by atoms with van der Waals surface area (Å²) in [4.78, 5) is 0. The van der Waals surface area contributed by atoms with Crippen molar-refractivity contribution in [3.05, 3.63) is 0 Å². The smallest absolute Gasteiger partial charge is 0.374 e. The Morgan fingerprint density at radius 1 is 0.900 bits per heavy atom. The standard InChI is InChI=1S/C12H28O6SSi/c1-5-16-20(17-6-2,18-7-3)11-9-10-15-12-19(13,14)8-4/h5-12H2,1-4H3. The summed E-state index contributed by atoms with van der Waals surface area (Å²) in [6, 6.07) is 0.634. The SMILES string of the molecule is CCO[Si](CCCOCS(=O)(=O)CC)(OCC)OCC. The van der Waals surface area contributed by atoms with Crippen LogP contribution in [0.1, 0.15) is 34.1 Å². The third kappa shape index (κ3) is 8.33. The van der Waals surface area contributed by atoms with Crippen LogP contribution in [0.25, 0.3) is 0 Å². The van der Waals surface area contributed by atoms with E-state index in [0.29, 0.717) is 38.9 Å². The highest BCUT2D eigenvalue weighted by molar-refractivity contribution is 7.91. The minimum Gasteiger partial charge on any atom is -0.374 e. The highest BCUT2D eigenvalue weighted by atomic mass is 32.2. The van der Waals surface area contributed by atoms with E-state index < -0.39 is 18.6 Å². The molecule has 0 unspecified atom stereocenters. The maximum Gasteiger partial charge on any atom is 0.501 e. The fraction of sp³-hybridized carbons (Fsp3) is 1.00. The van der Waals surface area contributed by atoms with Crippen LogP contribution in [0.15, 0.2) is 0 Å². The van der Waals surface area contributed by atoms with Crippen molar-refractivity contribution in [3.63, 3.8) is 0 Å². The first-order chi connectivity index (χ1) is 9.45. The van der Waals surface area contributed by atoms with E-state index in [2.05, 4.69) is 0 Å². The first kappa shape index (κ1) is 20.0. The zero-order chi connectivity index (χ0) is 15.5. The van der Waals surface area contributed by atoms with E-state index in [0.717, 1.165) is 0 Å². The molecule has 0 N–H and O–H groups in total. The number of sulfone groups is 1. The highest BCUT2D eigenvalue weighted by Crippen LogP contribution is 2.18. The van der Waals surface area contributed by atoms with Crippen molar-refractivity contribution >= 4 is 18.6 Å². The van der Waals surface area contributed by atoms with Gasteiger partial charge in [-0.05, 0) is 27.2 Å². The van der Waals surface area contributed by atoms with Gasteiger partial charge in [0.2, 0.25) is 0 Å². The van der Waals surface area contributed by atoms with Crippen LogP contribution < -0.4 is 0 Å². The molecule has 0 aliphatic carbocycles. The molecule has 20 heavy (non-hydrogen) atoms. The minimum atomic E-state index is -3.07. The summed E-state index contributed by atoms with van der Waals surface area (Å²) in [5, 5.41) is 0. The number of rotatable bonds is 13. The third-order valence-electron chi connectivity index (χ3n) is 2.57. The van der Waals surface area contributed by atoms with E-state index >= 15 is 0 Å². The van der Waals surface area contributed by atoms with Gasteiger partial charge in [-0.15, -0.1) is 0 Å². The van der Waals surface area contributed by atoms with Crippen molar-refractivity contribution in [1.29, 1.82) is 0 Å². The van der Waals surface area contributed by atoms with E-state index in [4.69, 9.17) is 18.0 Å². The Hall–Kier alpha value is 0.00688. The molecule has 0 atom stereocenters. The summed E-state index contributed by atoms with van der Waals surface area (Å²) in [7, 11) is -5.70. The molecule has 0 amide bonds. The molecule has 0 radical (unpaired) electrons. The molecular formula is C12H28O6SSi. The minimum absolute atomic E-state index is 0.0997. The molecule has 0 saturated carbocycles. The summed E-state index contributed by atoms with van der Waals surface area (Å²) >= 11 is 0. The zero-order valence-corrected chi connectivity index (χ0v) is 14.8. The van der Waals surface area contributed by atoms with Gasteiger partial charge in [0, 0.05) is 38.2 Å². The Balaban J connectivity index is 4.19. The average Bonchev–Trinajstić information content (AvgIpc) is 2.39. The number of hydrogen-bond acceptors (Lipinski definition) is 6. The lowest BCUT2D eigenvalue weighted by molar-refractivity contribution is 0.0677. The van der Waals surface area contributed by atoms with E-state index in [1.165, 1.54) is 0 Å². The molecule has 0 aromatic rings. The van der Waals surface area contributed by atoms with E-state index in [-0.39, 0.29) is 11.7 Å². The van der Waals surface area contributed by atoms with Crippen molar-refractivity contribution in [2.24, 2.45) is 0 Å². The second-order valence-electron chi connectivity index (χ2n) is 4.14. The van der Waals surface area contributed by atoms with E-state index in [1.54, 1.807) is 6.92 Å². The lowest BCUT2D eigenvalue weighted by Crippen LogP contribution is -2.46. The quantitative estimate of drug-likeness (QED) is 0.379. The van der Waals surface area contributed by atoms with Gasteiger partial charge in [0.05, 0.1) is 0 Å². The van der Waals surface area contributed by atoms with Crippen LogP contribution in [-0.2, 0) is 27.9 Å². The van der Waals surface area contributed by atoms with Gasteiger partial charge in [0.25, 0.3) is 0 Å². The second-order valence-corrected chi connectivity index (χ2v) is 9.18. The van der Waals surface area contributed by atoms with Crippen molar-refractivity contribution in [1.82, 2.24) is 0 Å². The van der Waals surface area contributed by atoms with E-state index in [1.807, 2.05) is 20.8 Å². The maximum atomic E-state index is 11.3. The van der Waals surface area contributed by atoms with Crippen LogP contribution >= 0.6 is 0 Å². The Bertz CT molecular complexity index is 316. The van der Waals surface area contributed by atoms with Crippen molar-refractivity contribution in [2.45, 2.75) is 40.2 Å². The van der Waals surface area contributed by atoms with Crippen LogP contribution in [-0.4, -0.2) is 55.3 Å². The summed E-state index contributed by atoms with van der Waals surface area (Å²) in [5.41, 5.74) is 0. The number of hydrogen-bond donors (Lipinski definition) is 0. The number of ether oxygens (including phenoxy) is 1. The molecule has 0 aromatic heterocycles. The molecule has 0 rings (SSSR count). The largest absolute Gasteiger partial charge is 0.501 e. The van der Waals surface area contributed by atoms with Gasteiger partial charge in [-0.1, -0.05) is 6.92 Å². The van der Waals surface area contributed by atoms with Crippen LogP contribution in [0.3, 0.4) is 0 Å². The van der Waals surface area contributed by atoms with Crippen LogP contribution in [0.5, 0.6) is 0 Å². The molecule has 8 heteroatoms. The molecule has 122 valence electrons.